The van der Waals surface area contributed by atoms with E-state index in [4.69, 9.17) is 9.47 Å². The maximum absolute atomic E-state index is 11.5. The minimum atomic E-state index is -1.53. The van der Waals surface area contributed by atoms with E-state index in [-0.39, 0.29) is 5.41 Å². The molecule has 0 amide bonds. The predicted octanol–water partition coefficient (Wildman–Crippen LogP) is 4.53. The van der Waals surface area contributed by atoms with Crippen LogP contribution in [-0.4, -0.2) is 68.6 Å². The highest BCUT2D eigenvalue weighted by Gasteiger charge is 2.60. The quantitative estimate of drug-likeness (QED) is 0.217. The molecule has 0 radical (unpaired) electrons. The summed E-state index contributed by atoms with van der Waals surface area (Å²) < 4.78 is 11.5. The van der Waals surface area contributed by atoms with Crippen molar-refractivity contribution in [2.45, 2.75) is 142 Å². The third kappa shape index (κ3) is 5.35. The summed E-state index contributed by atoms with van der Waals surface area (Å²) in [4.78, 5) is 0. The van der Waals surface area contributed by atoms with E-state index >= 15 is 0 Å². The van der Waals surface area contributed by atoms with Gasteiger partial charge in [0, 0.05) is 12.8 Å². The average Bonchev–Trinajstić information content (AvgIpc) is 3.26. The summed E-state index contributed by atoms with van der Waals surface area (Å²) in [7, 11) is 0. The lowest BCUT2D eigenvalue weighted by Crippen LogP contribution is -2.61. The standard InChI is InChI=1S/C33H56O7/c1-19(2)7-6-8-20(3)23-11-12-24-22-10-9-21-17-33(38,16-15-31(21,4)25(22)13-14-32(23,24)5)40-30-29(37)28(36)27(35)26(18-34)39-30/h9,19-20,22-30,34-38H,6-8,10-18H2,1-5H3/t20-,22?,23-,24?,25?,26-,27+,28+,29-,30-,31+,32-,33?/m1/s1. The van der Waals surface area contributed by atoms with Gasteiger partial charge in [-0.1, -0.05) is 65.5 Å². The monoisotopic (exact) mass is 564 g/mol. The van der Waals surface area contributed by atoms with Crippen LogP contribution in [0.15, 0.2) is 11.6 Å². The van der Waals surface area contributed by atoms with Crippen LogP contribution >= 0.6 is 0 Å². The highest BCUT2D eigenvalue weighted by molar-refractivity contribution is 5.26. The lowest BCUT2D eigenvalue weighted by atomic mass is 9.46. The van der Waals surface area contributed by atoms with Gasteiger partial charge in [-0.05, 0) is 84.9 Å². The second kappa shape index (κ2) is 11.5. The SMILES string of the molecule is CC(C)CCC[C@@H](C)[C@H]1CCC2C3CC=C4CC(O)(O[C@H]5O[C@H](CO)[C@H](O)[C@H](O)[C@H]5O)CC[C@]4(C)C3CC[C@@]21C. The Morgan fingerprint density at radius 3 is 2.40 bits per heavy atom. The van der Waals surface area contributed by atoms with Crippen LogP contribution in [0.2, 0.25) is 0 Å². The number of allylic oxidation sites excluding steroid dienone is 1. The third-order valence-electron chi connectivity index (χ3n) is 12.5. The summed E-state index contributed by atoms with van der Waals surface area (Å²) in [5, 5.41) is 51.8. The van der Waals surface area contributed by atoms with Gasteiger partial charge in [-0.2, -0.15) is 0 Å². The van der Waals surface area contributed by atoms with E-state index in [9.17, 15) is 25.5 Å². The summed E-state index contributed by atoms with van der Waals surface area (Å²) in [6.07, 6.45) is 7.43. The van der Waals surface area contributed by atoms with Crippen molar-refractivity contribution in [1.82, 2.24) is 0 Å². The Labute approximate surface area is 241 Å². The normalized spacial score (nSPS) is 49.7. The van der Waals surface area contributed by atoms with Gasteiger partial charge in [-0.25, -0.2) is 0 Å². The molecule has 0 aromatic rings. The van der Waals surface area contributed by atoms with Crippen molar-refractivity contribution in [1.29, 1.82) is 0 Å². The Balaban J connectivity index is 1.27. The first-order chi connectivity index (χ1) is 18.8. The molecular weight excluding hydrogens is 508 g/mol. The third-order valence-corrected chi connectivity index (χ3v) is 12.5. The van der Waals surface area contributed by atoms with E-state index in [0.717, 1.165) is 36.5 Å². The van der Waals surface area contributed by atoms with Crippen molar-refractivity contribution in [2.24, 2.45) is 46.3 Å². The molecule has 4 fully saturated rings. The van der Waals surface area contributed by atoms with Crippen LogP contribution in [0.4, 0.5) is 0 Å². The highest BCUT2D eigenvalue weighted by Crippen LogP contribution is 2.68. The molecule has 1 saturated heterocycles. The second-order valence-corrected chi connectivity index (χ2v) is 15.2. The molecule has 1 aliphatic heterocycles. The minimum Gasteiger partial charge on any atom is -0.394 e. The van der Waals surface area contributed by atoms with Crippen LogP contribution in [0.25, 0.3) is 0 Å². The zero-order valence-electron chi connectivity index (χ0n) is 25.5. The van der Waals surface area contributed by atoms with Crippen molar-refractivity contribution in [2.75, 3.05) is 6.61 Å². The van der Waals surface area contributed by atoms with E-state index in [2.05, 4.69) is 40.7 Å². The van der Waals surface area contributed by atoms with Crippen LogP contribution in [0.3, 0.4) is 0 Å². The van der Waals surface area contributed by atoms with Gasteiger partial charge in [0.2, 0.25) is 0 Å². The lowest BCUT2D eigenvalue weighted by molar-refractivity contribution is -0.366. The second-order valence-electron chi connectivity index (χ2n) is 15.2. The van der Waals surface area contributed by atoms with Crippen molar-refractivity contribution in [3.63, 3.8) is 0 Å². The van der Waals surface area contributed by atoms with Gasteiger partial charge in [0.25, 0.3) is 0 Å². The molecule has 0 aromatic carbocycles. The van der Waals surface area contributed by atoms with E-state index in [1.54, 1.807) is 0 Å². The average molecular weight is 565 g/mol. The summed E-state index contributed by atoms with van der Waals surface area (Å²) in [6.45, 7) is 11.7. The molecule has 230 valence electrons. The Hall–Kier alpha value is -0.540. The van der Waals surface area contributed by atoms with Crippen molar-refractivity contribution in [3.8, 4) is 0 Å². The molecule has 7 nitrogen and oxygen atoms in total. The molecule has 7 heteroatoms. The summed E-state index contributed by atoms with van der Waals surface area (Å²) in [6, 6.07) is 0. The number of ether oxygens (including phenoxy) is 2. The van der Waals surface area contributed by atoms with Crippen LogP contribution in [0.5, 0.6) is 0 Å². The Bertz CT molecular complexity index is 920. The van der Waals surface area contributed by atoms with Crippen LogP contribution in [0, 0.1) is 46.3 Å². The molecule has 0 aromatic heterocycles. The molecule has 1 heterocycles. The maximum Gasteiger partial charge on any atom is 0.189 e. The Morgan fingerprint density at radius 1 is 0.950 bits per heavy atom. The van der Waals surface area contributed by atoms with E-state index in [1.165, 1.54) is 50.5 Å². The first-order valence-electron chi connectivity index (χ1n) is 16.2. The number of hydrogen-bond acceptors (Lipinski definition) is 7. The summed E-state index contributed by atoms with van der Waals surface area (Å²) >= 11 is 0. The highest BCUT2D eigenvalue weighted by atomic mass is 16.8. The molecule has 5 rings (SSSR count). The first-order valence-corrected chi connectivity index (χ1v) is 16.2. The Morgan fingerprint density at radius 2 is 1.70 bits per heavy atom. The molecule has 0 spiro atoms. The van der Waals surface area contributed by atoms with E-state index in [0.29, 0.717) is 30.1 Å². The van der Waals surface area contributed by atoms with Gasteiger partial charge in [-0.15, -0.1) is 0 Å². The van der Waals surface area contributed by atoms with Crippen molar-refractivity contribution in [3.05, 3.63) is 11.6 Å². The lowest BCUT2D eigenvalue weighted by Gasteiger charge is -2.59. The largest absolute Gasteiger partial charge is 0.394 e. The molecule has 4 aliphatic carbocycles. The smallest absolute Gasteiger partial charge is 0.189 e. The van der Waals surface area contributed by atoms with Crippen molar-refractivity contribution < 1.29 is 35.0 Å². The fraction of sp³-hybridized carbons (Fsp3) is 0.939. The maximum atomic E-state index is 11.5. The zero-order valence-corrected chi connectivity index (χ0v) is 25.5. The minimum absolute atomic E-state index is 0.0240. The molecule has 5 aliphatic rings. The van der Waals surface area contributed by atoms with Crippen LogP contribution < -0.4 is 0 Å². The van der Waals surface area contributed by atoms with Gasteiger partial charge < -0.3 is 35.0 Å². The molecule has 0 bridgehead atoms. The van der Waals surface area contributed by atoms with Gasteiger partial charge in [0.05, 0.1) is 6.61 Å². The van der Waals surface area contributed by atoms with Gasteiger partial charge in [0.15, 0.2) is 12.1 Å². The molecule has 13 atom stereocenters. The topological polar surface area (TPSA) is 120 Å². The van der Waals surface area contributed by atoms with Gasteiger partial charge in [0.1, 0.15) is 24.4 Å². The number of rotatable bonds is 8. The fourth-order valence-corrected chi connectivity index (χ4v) is 10.1. The van der Waals surface area contributed by atoms with Crippen LogP contribution in [-0.2, 0) is 9.47 Å². The zero-order chi connectivity index (χ0) is 29.0. The molecular formula is C33H56O7. The molecule has 40 heavy (non-hydrogen) atoms. The fourth-order valence-electron chi connectivity index (χ4n) is 10.1. The number of fused-ring (bicyclic) bond motifs is 5. The van der Waals surface area contributed by atoms with Gasteiger partial charge in [-0.3, -0.25) is 0 Å². The summed E-state index contributed by atoms with van der Waals surface area (Å²) in [5.41, 5.74) is 1.70. The number of hydrogen-bond donors (Lipinski definition) is 5. The molecule has 3 saturated carbocycles. The van der Waals surface area contributed by atoms with E-state index in [1.807, 2.05) is 0 Å². The number of aliphatic hydroxyl groups is 5. The van der Waals surface area contributed by atoms with Gasteiger partial charge >= 0.3 is 0 Å². The predicted molar refractivity (Wildman–Crippen MR) is 153 cm³/mol. The molecule has 5 N–H and O–H groups in total. The van der Waals surface area contributed by atoms with Crippen LogP contribution in [0.1, 0.15) is 105 Å². The number of aliphatic hydroxyl groups excluding tert-OH is 4. The first kappa shape index (κ1) is 30.9. The Kier molecular flexibility index (Phi) is 8.90. The van der Waals surface area contributed by atoms with Crippen molar-refractivity contribution >= 4 is 0 Å². The molecule has 4 unspecified atom stereocenters. The van der Waals surface area contributed by atoms with E-state index < -0.39 is 43.1 Å². The summed E-state index contributed by atoms with van der Waals surface area (Å²) in [5.74, 6) is 2.94.